The monoisotopic (exact) mass is 331 g/mol. The van der Waals surface area contributed by atoms with Gasteiger partial charge in [-0.25, -0.2) is 8.78 Å². The lowest BCUT2D eigenvalue weighted by Gasteiger charge is -2.10. The Balaban J connectivity index is 2.19. The molecule has 0 aliphatic carbocycles. The zero-order valence-electron chi connectivity index (χ0n) is 9.18. The quantitative estimate of drug-likeness (QED) is 0.834. The Labute approximate surface area is 117 Å². The molecule has 2 rings (SSSR count). The maximum absolute atomic E-state index is 13.5. The first kappa shape index (κ1) is 13.3. The normalized spacial score (nSPS) is 10.4. The summed E-state index contributed by atoms with van der Waals surface area (Å²) in [6, 6.07) is 9.43. The van der Waals surface area contributed by atoms with Crippen molar-refractivity contribution in [1.29, 1.82) is 0 Å². The average molecular weight is 333 g/mol. The lowest BCUT2D eigenvalue weighted by molar-refractivity contribution is 0.585. The summed E-state index contributed by atoms with van der Waals surface area (Å²) in [5, 5.41) is 2.89. The highest BCUT2D eigenvalue weighted by molar-refractivity contribution is 9.10. The Morgan fingerprint density at radius 3 is 2.56 bits per heavy atom. The van der Waals surface area contributed by atoms with Crippen LogP contribution in [-0.2, 0) is 6.54 Å². The third kappa shape index (κ3) is 3.00. The van der Waals surface area contributed by atoms with E-state index in [1.807, 2.05) is 24.3 Å². The van der Waals surface area contributed by atoms with E-state index >= 15 is 0 Å². The summed E-state index contributed by atoms with van der Waals surface area (Å²) < 4.78 is 27.3. The fraction of sp³-hybridized carbons (Fsp3) is 0.0769. The molecule has 0 radical (unpaired) electrons. The second kappa shape index (κ2) is 5.67. The van der Waals surface area contributed by atoms with Crippen LogP contribution in [0.25, 0.3) is 0 Å². The highest BCUT2D eigenvalue weighted by atomic mass is 79.9. The molecule has 0 heterocycles. The molecule has 0 atom stereocenters. The summed E-state index contributed by atoms with van der Waals surface area (Å²) in [5.74, 6) is -1.39. The number of benzene rings is 2. The molecule has 0 aliphatic heterocycles. The predicted octanol–water partition coefficient (Wildman–Crippen LogP) is 4.99. The van der Waals surface area contributed by atoms with Crippen LogP contribution >= 0.6 is 27.5 Å². The zero-order chi connectivity index (χ0) is 13.1. The molecule has 0 unspecified atom stereocenters. The highest BCUT2D eigenvalue weighted by Crippen LogP contribution is 2.27. The number of hydrogen-bond donors (Lipinski definition) is 1. The first-order valence-electron chi connectivity index (χ1n) is 5.20. The van der Waals surface area contributed by atoms with E-state index in [1.165, 1.54) is 0 Å². The summed E-state index contributed by atoms with van der Waals surface area (Å²) in [7, 11) is 0. The van der Waals surface area contributed by atoms with E-state index in [0.717, 1.165) is 22.2 Å². The van der Waals surface area contributed by atoms with E-state index in [-0.39, 0.29) is 10.7 Å². The van der Waals surface area contributed by atoms with Gasteiger partial charge in [-0.1, -0.05) is 45.7 Å². The Kier molecular flexibility index (Phi) is 4.19. The van der Waals surface area contributed by atoms with Gasteiger partial charge in [0.2, 0.25) is 0 Å². The molecule has 1 N–H and O–H groups in total. The van der Waals surface area contributed by atoms with Gasteiger partial charge in [0.1, 0.15) is 5.82 Å². The Morgan fingerprint density at radius 1 is 1.17 bits per heavy atom. The fourth-order valence-corrected chi connectivity index (χ4v) is 2.22. The van der Waals surface area contributed by atoms with Gasteiger partial charge in [-0.2, -0.15) is 0 Å². The molecule has 0 aromatic heterocycles. The lowest BCUT2D eigenvalue weighted by atomic mass is 10.2. The van der Waals surface area contributed by atoms with Crippen molar-refractivity contribution in [3.05, 3.63) is 63.1 Å². The SMILES string of the molecule is Fc1cc(F)c(NCc2ccccc2Br)c(Cl)c1. The van der Waals surface area contributed by atoms with Crippen molar-refractivity contribution in [2.24, 2.45) is 0 Å². The molecule has 5 heteroatoms. The zero-order valence-corrected chi connectivity index (χ0v) is 11.5. The molecule has 0 fully saturated rings. The second-order valence-corrected chi connectivity index (χ2v) is 4.95. The molecule has 0 aliphatic rings. The topological polar surface area (TPSA) is 12.0 Å². The molecule has 2 aromatic rings. The van der Waals surface area contributed by atoms with Crippen molar-refractivity contribution >= 4 is 33.2 Å². The largest absolute Gasteiger partial charge is 0.377 e. The Hall–Kier alpha value is -1.13. The van der Waals surface area contributed by atoms with Gasteiger partial charge in [-0.3, -0.25) is 0 Å². The van der Waals surface area contributed by atoms with Crippen molar-refractivity contribution in [3.8, 4) is 0 Å². The minimum absolute atomic E-state index is 0.0274. The lowest BCUT2D eigenvalue weighted by Crippen LogP contribution is -2.03. The fourth-order valence-electron chi connectivity index (χ4n) is 1.54. The first-order valence-corrected chi connectivity index (χ1v) is 6.37. The second-order valence-electron chi connectivity index (χ2n) is 3.69. The van der Waals surface area contributed by atoms with Crippen LogP contribution in [0.1, 0.15) is 5.56 Å². The maximum atomic E-state index is 13.5. The van der Waals surface area contributed by atoms with Crippen LogP contribution in [0.4, 0.5) is 14.5 Å². The van der Waals surface area contributed by atoms with Crippen LogP contribution in [0.3, 0.4) is 0 Å². The minimum Gasteiger partial charge on any atom is -0.377 e. The molecule has 0 saturated heterocycles. The summed E-state index contributed by atoms with van der Waals surface area (Å²) in [6.45, 7) is 0.393. The van der Waals surface area contributed by atoms with Gasteiger partial charge in [0.25, 0.3) is 0 Å². The number of halogens is 4. The Bertz CT molecular complexity index is 552. The third-order valence-electron chi connectivity index (χ3n) is 2.42. The third-order valence-corrected chi connectivity index (χ3v) is 3.49. The van der Waals surface area contributed by atoms with Crippen LogP contribution in [0.15, 0.2) is 40.9 Å². The molecule has 0 spiro atoms. The van der Waals surface area contributed by atoms with Crippen molar-refractivity contribution in [2.45, 2.75) is 6.54 Å². The number of nitrogens with one attached hydrogen (secondary N) is 1. The van der Waals surface area contributed by atoms with Gasteiger partial charge in [0.15, 0.2) is 5.82 Å². The van der Waals surface area contributed by atoms with E-state index < -0.39 is 11.6 Å². The molecule has 18 heavy (non-hydrogen) atoms. The molecular weight excluding hydrogens is 324 g/mol. The van der Waals surface area contributed by atoms with E-state index in [2.05, 4.69) is 21.2 Å². The van der Waals surface area contributed by atoms with Crippen molar-refractivity contribution < 1.29 is 8.78 Å². The highest BCUT2D eigenvalue weighted by Gasteiger charge is 2.10. The van der Waals surface area contributed by atoms with Gasteiger partial charge < -0.3 is 5.32 Å². The molecule has 0 bridgehead atoms. The Morgan fingerprint density at radius 2 is 1.89 bits per heavy atom. The van der Waals surface area contributed by atoms with Gasteiger partial charge >= 0.3 is 0 Å². The summed E-state index contributed by atoms with van der Waals surface area (Å²) in [4.78, 5) is 0. The molecule has 1 nitrogen and oxygen atoms in total. The maximum Gasteiger partial charge on any atom is 0.150 e. The number of hydrogen-bond acceptors (Lipinski definition) is 1. The summed E-state index contributed by atoms with van der Waals surface area (Å²) in [6.07, 6.45) is 0. The molecule has 0 saturated carbocycles. The van der Waals surface area contributed by atoms with E-state index in [4.69, 9.17) is 11.6 Å². The molecule has 94 valence electrons. The van der Waals surface area contributed by atoms with Crippen molar-refractivity contribution in [1.82, 2.24) is 0 Å². The van der Waals surface area contributed by atoms with Crippen LogP contribution < -0.4 is 5.32 Å². The van der Waals surface area contributed by atoms with Crippen molar-refractivity contribution in [2.75, 3.05) is 5.32 Å². The van der Waals surface area contributed by atoms with Crippen LogP contribution in [0.5, 0.6) is 0 Å². The molecular formula is C13H9BrClF2N. The smallest absolute Gasteiger partial charge is 0.150 e. The summed E-state index contributed by atoms with van der Waals surface area (Å²) >= 11 is 9.18. The van der Waals surface area contributed by atoms with E-state index in [9.17, 15) is 8.78 Å². The predicted molar refractivity (Wildman–Crippen MR) is 72.8 cm³/mol. The van der Waals surface area contributed by atoms with Crippen LogP contribution in [0.2, 0.25) is 5.02 Å². The number of anilines is 1. The minimum atomic E-state index is -0.702. The standard InChI is InChI=1S/C13H9BrClF2N/c14-10-4-2-1-3-8(10)7-18-13-11(15)5-9(16)6-12(13)17/h1-6,18H,7H2. The molecule has 0 amide bonds. The average Bonchev–Trinajstić information content (AvgIpc) is 2.30. The molecule has 2 aromatic carbocycles. The first-order chi connectivity index (χ1) is 8.58. The van der Waals surface area contributed by atoms with Gasteiger partial charge in [0, 0.05) is 17.1 Å². The van der Waals surface area contributed by atoms with Crippen LogP contribution in [0, 0.1) is 11.6 Å². The van der Waals surface area contributed by atoms with Gasteiger partial charge in [-0.15, -0.1) is 0 Å². The van der Waals surface area contributed by atoms with Crippen LogP contribution in [-0.4, -0.2) is 0 Å². The summed E-state index contributed by atoms with van der Waals surface area (Å²) in [5.41, 5.74) is 1.06. The van der Waals surface area contributed by atoms with Gasteiger partial charge in [-0.05, 0) is 17.7 Å². The van der Waals surface area contributed by atoms with Gasteiger partial charge in [0.05, 0.1) is 10.7 Å². The number of rotatable bonds is 3. The van der Waals surface area contributed by atoms with E-state index in [0.29, 0.717) is 6.54 Å². The van der Waals surface area contributed by atoms with E-state index in [1.54, 1.807) is 0 Å². The van der Waals surface area contributed by atoms with Crippen molar-refractivity contribution in [3.63, 3.8) is 0 Å².